The minimum Gasteiger partial charge on any atom is -0.462 e. The zero-order valence-corrected chi connectivity index (χ0v) is 29.3. The van der Waals surface area contributed by atoms with Crippen LogP contribution in [0.5, 0.6) is 0 Å². The first-order chi connectivity index (χ1) is 21.3. The summed E-state index contributed by atoms with van der Waals surface area (Å²) in [6, 6.07) is 0. The Hall–Kier alpha value is -0.990. The largest absolute Gasteiger partial charge is 0.472 e. The van der Waals surface area contributed by atoms with Crippen molar-refractivity contribution in [1.82, 2.24) is 0 Å². The topological polar surface area (TPSA) is 134 Å². The monoisotopic (exact) mass is 649 g/mol. The number of unbranched alkanes of at least 4 members (excludes halogenated alkanes) is 21. The second-order valence-corrected chi connectivity index (χ2v) is 13.6. The number of phosphoric acid groups is 1. The van der Waals surface area contributed by atoms with Gasteiger partial charge in [-0.25, -0.2) is 4.57 Å². The molecule has 0 aromatic rings. The van der Waals surface area contributed by atoms with Crippen LogP contribution in [0.2, 0.25) is 0 Å². The van der Waals surface area contributed by atoms with E-state index in [1.165, 1.54) is 116 Å². The van der Waals surface area contributed by atoms with Crippen LogP contribution in [-0.2, 0) is 32.7 Å². The zero-order valence-electron chi connectivity index (χ0n) is 28.4. The predicted molar refractivity (Wildman–Crippen MR) is 178 cm³/mol. The molecule has 2 unspecified atom stereocenters. The smallest absolute Gasteiger partial charge is 0.462 e. The van der Waals surface area contributed by atoms with Crippen molar-refractivity contribution in [3.05, 3.63) is 0 Å². The van der Waals surface area contributed by atoms with Crippen molar-refractivity contribution in [3.63, 3.8) is 0 Å². The lowest BCUT2D eigenvalue weighted by molar-refractivity contribution is -0.161. The number of phosphoric ester groups is 1. The van der Waals surface area contributed by atoms with Crippen LogP contribution in [0, 0.1) is 0 Å². The van der Waals surface area contributed by atoms with Crippen LogP contribution in [-0.4, -0.2) is 49.3 Å². The van der Waals surface area contributed by atoms with Crippen LogP contribution in [0.4, 0.5) is 0 Å². The van der Waals surface area contributed by atoms with Gasteiger partial charge in [-0.2, -0.15) is 0 Å². The first-order valence-electron chi connectivity index (χ1n) is 18.0. The van der Waals surface area contributed by atoms with E-state index >= 15 is 0 Å². The fraction of sp³-hybridized carbons (Fsp3) is 0.941. The van der Waals surface area contributed by atoms with Crippen LogP contribution in [0.15, 0.2) is 0 Å². The van der Waals surface area contributed by atoms with Crippen LogP contribution in [0.25, 0.3) is 0 Å². The molecule has 0 heterocycles. The number of esters is 2. The molecule has 9 nitrogen and oxygen atoms in total. The summed E-state index contributed by atoms with van der Waals surface area (Å²) in [6.45, 7) is 3.48. The molecule has 10 heteroatoms. The summed E-state index contributed by atoms with van der Waals surface area (Å²) in [5, 5.41) is 0. The van der Waals surface area contributed by atoms with Gasteiger partial charge in [0.15, 0.2) is 6.10 Å². The molecule has 0 rings (SSSR count). The molecule has 44 heavy (non-hydrogen) atoms. The molecule has 0 radical (unpaired) electrons. The van der Waals surface area contributed by atoms with Crippen molar-refractivity contribution in [2.45, 2.75) is 180 Å². The molecule has 0 saturated carbocycles. The number of ether oxygens (including phenoxy) is 2. The minimum atomic E-state index is -4.34. The van der Waals surface area contributed by atoms with Gasteiger partial charge >= 0.3 is 19.8 Å². The van der Waals surface area contributed by atoms with Crippen LogP contribution >= 0.6 is 7.82 Å². The third-order valence-electron chi connectivity index (χ3n) is 7.74. The van der Waals surface area contributed by atoms with Crippen LogP contribution < -0.4 is 5.73 Å². The Kier molecular flexibility index (Phi) is 31.3. The Balaban J connectivity index is 3.82. The van der Waals surface area contributed by atoms with Crippen molar-refractivity contribution in [2.75, 3.05) is 26.4 Å². The highest BCUT2D eigenvalue weighted by Gasteiger charge is 2.25. The van der Waals surface area contributed by atoms with Gasteiger partial charge in [0.1, 0.15) is 6.61 Å². The van der Waals surface area contributed by atoms with E-state index in [4.69, 9.17) is 24.3 Å². The van der Waals surface area contributed by atoms with Crippen LogP contribution in [0.3, 0.4) is 0 Å². The van der Waals surface area contributed by atoms with Gasteiger partial charge < -0.3 is 20.1 Å². The molecule has 2 atom stereocenters. The highest BCUT2D eigenvalue weighted by atomic mass is 31.2. The summed E-state index contributed by atoms with van der Waals surface area (Å²) in [5.41, 5.74) is 5.29. The van der Waals surface area contributed by atoms with Gasteiger partial charge in [-0.15, -0.1) is 0 Å². The van der Waals surface area contributed by atoms with E-state index < -0.39 is 32.5 Å². The van der Waals surface area contributed by atoms with Gasteiger partial charge in [-0.05, 0) is 12.8 Å². The maximum atomic E-state index is 12.4. The molecule has 0 aromatic heterocycles. The number of nitrogens with two attached hydrogens (primary N) is 1. The molecular formula is C34H68NO8P. The lowest BCUT2D eigenvalue weighted by Crippen LogP contribution is -2.29. The molecule has 262 valence electrons. The molecule has 0 aliphatic carbocycles. The summed E-state index contributed by atoms with van der Waals surface area (Å²) >= 11 is 0. The minimum absolute atomic E-state index is 0.0564. The maximum Gasteiger partial charge on any atom is 0.472 e. The number of hydrogen-bond donors (Lipinski definition) is 2. The molecular weight excluding hydrogens is 581 g/mol. The second-order valence-electron chi connectivity index (χ2n) is 12.1. The lowest BCUT2D eigenvalue weighted by atomic mass is 10.0. The zero-order chi connectivity index (χ0) is 32.6. The van der Waals surface area contributed by atoms with Crippen molar-refractivity contribution in [2.24, 2.45) is 5.73 Å². The van der Waals surface area contributed by atoms with E-state index in [1.807, 2.05) is 6.92 Å². The first-order valence-corrected chi connectivity index (χ1v) is 19.5. The number of rotatable bonds is 34. The Bertz CT molecular complexity index is 709. The fourth-order valence-electron chi connectivity index (χ4n) is 5.02. The Morgan fingerprint density at radius 2 is 1.00 bits per heavy atom. The molecule has 0 aromatic carbocycles. The molecule has 0 saturated heterocycles. The average molecular weight is 650 g/mol. The van der Waals surface area contributed by atoms with E-state index in [-0.39, 0.29) is 32.6 Å². The molecule has 0 fully saturated rings. The molecule has 0 aliphatic rings. The van der Waals surface area contributed by atoms with Crippen molar-refractivity contribution in [1.29, 1.82) is 0 Å². The summed E-state index contributed by atoms with van der Waals surface area (Å²) in [7, 11) is -4.34. The Labute approximate surface area is 269 Å². The van der Waals surface area contributed by atoms with Gasteiger partial charge in [-0.1, -0.05) is 149 Å². The average Bonchev–Trinajstić information content (AvgIpc) is 3.01. The van der Waals surface area contributed by atoms with Gasteiger partial charge in [0.25, 0.3) is 0 Å². The Morgan fingerprint density at radius 1 is 0.591 bits per heavy atom. The van der Waals surface area contributed by atoms with Crippen molar-refractivity contribution in [3.8, 4) is 0 Å². The van der Waals surface area contributed by atoms with Crippen molar-refractivity contribution < 1.29 is 37.6 Å². The molecule has 0 aliphatic heterocycles. The van der Waals surface area contributed by atoms with E-state index in [2.05, 4.69) is 6.92 Å². The predicted octanol–water partition coefficient (Wildman–Crippen LogP) is 9.33. The van der Waals surface area contributed by atoms with E-state index in [0.29, 0.717) is 12.8 Å². The molecule has 3 N–H and O–H groups in total. The SMILES string of the molecule is CCCCCCCCCCCCCCCCCCCCCCCC(=O)OC(COC(=O)CCCC)COP(=O)(O)OCCN. The standard InChI is InChI=1S/C34H68NO8P/c1-3-5-7-8-9-10-11-12-13-14-15-16-17-18-19-20-21-22-23-24-25-27-34(37)43-32(30-40-33(36)26-6-4-2)31-42-44(38,39)41-29-28-35/h32H,3-31,35H2,1-2H3,(H,38,39). The molecule has 0 amide bonds. The van der Waals surface area contributed by atoms with E-state index in [0.717, 1.165) is 19.3 Å². The summed E-state index contributed by atoms with van der Waals surface area (Å²) in [4.78, 5) is 33.9. The summed E-state index contributed by atoms with van der Waals surface area (Å²) < 4.78 is 32.1. The lowest BCUT2D eigenvalue weighted by Gasteiger charge is -2.19. The number of hydrogen-bond acceptors (Lipinski definition) is 8. The van der Waals surface area contributed by atoms with Gasteiger partial charge in [0, 0.05) is 19.4 Å². The molecule has 0 spiro atoms. The quantitative estimate of drug-likeness (QED) is 0.0397. The van der Waals surface area contributed by atoms with E-state index in [9.17, 15) is 19.0 Å². The fourth-order valence-corrected chi connectivity index (χ4v) is 5.79. The van der Waals surface area contributed by atoms with Gasteiger partial charge in [-0.3, -0.25) is 18.6 Å². The summed E-state index contributed by atoms with van der Waals surface area (Å²) in [5.74, 6) is -0.861. The third kappa shape index (κ3) is 31.0. The maximum absolute atomic E-state index is 12.4. The van der Waals surface area contributed by atoms with Crippen molar-refractivity contribution >= 4 is 19.8 Å². The van der Waals surface area contributed by atoms with Crippen LogP contribution in [0.1, 0.15) is 174 Å². The van der Waals surface area contributed by atoms with Gasteiger partial charge in [0.2, 0.25) is 0 Å². The molecule has 0 bridgehead atoms. The number of carbonyl (C=O) groups is 2. The van der Waals surface area contributed by atoms with E-state index in [1.54, 1.807) is 0 Å². The number of carbonyl (C=O) groups excluding carboxylic acids is 2. The summed E-state index contributed by atoms with van der Waals surface area (Å²) in [6.07, 6.45) is 28.3. The Morgan fingerprint density at radius 3 is 1.43 bits per heavy atom. The normalized spacial score (nSPS) is 13.5. The highest BCUT2D eigenvalue weighted by molar-refractivity contribution is 7.47. The third-order valence-corrected chi connectivity index (χ3v) is 8.73. The highest BCUT2D eigenvalue weighted by Crippen LogP contribution is 2.43. The second kappa shape index (κ2) is 32.0. The van der Waals surface area contributed by atoms with Gasteiger partial charge in [0.05, 0.1) is 13.2 Å². The first kappa shape index (κ1) is 43.0.